The first-order chi connectivity index (χ1) is 7.87. The van der Waals surface area contributed by atoms with Crippen molar-refractivity contribution < 1.29 is 9.53 Å². The maximum atomic E-state index is 11.8. The van der Waals surface area contributed by atoms with Crippen LogP contribution in [0.2, 0.25) is 0 Å². The lowest BCUT2D eigenvalue weighted by atomic mass is 10.1. The Kier molecular flexibility index (Phi) is 2.98. The average molecular weight is 232 g/mol. The number of carbonyl (C=O) groups is 1. The molecule has 17 heavy (non-hydrogen) atoms. The van der Waals surface area contributed by atoms with Crippen LogP contribution in [0.4, 0.5) is 0 Å². The quantitative estimate of drug-likeness (QED) is 0.730. The van der Waals surface area contributed by atoms with Gasteiger partial charge in [0, 0.05) is 0 Å². The van der Waals surface area contributed by atoms with Crippen LogP contribution < -0.4 is 0 Å². The van der Waals surface area contributed by atoms with Crippen molar-refractivity contribution in [2.45, 2.75) is 45.6 Å². The molecular formula is C15H20O2. The summed E-state index contributed by atoms with van der Waals surface area (Å²) in [4.78, 5) is 11.8. The van der Waals surface area contributed by atoms with Gasteiger partial charge in [0.1, 0.15) is 5.60 Å². The number of carbonyl (C=O) groups excluding carboxylic acids is 1. The fraction of sp³-hybridized carbons (Fsp3) is 0.533. The molecule has 1 saturated carbocycles. The van der Waals surface area contributed by atoms with Gasteiger partial charge in [0.2, 0.25) is 0 Å². The molecule has 0 spiro atoms. The van der Waals surface area contributed by atoms with Gasteiger partial charge >= 0.3 is 5.97 Å². The van der Waals surface area contributed by atoms with Crippen molar-refractivity contribution in [2.75, 3.05) is 0 Å². The largest absolute Gasteiger partial charge is 0.460 e. The summed E-state index contributed by atoms with van der Waals surface area (Å²) in [5.41, 5.74) is 2.13. The molecule has 2 unspecified atom stereocenters. The third-order valence-corrected chi connectivity index (χ3v) is 3.01. The zero-order valence-corrected chi connectivity index (χ0v) is 11.0. The molecule has 1 aromatic carbocycles. The van der Waals surface area contributed by atoms with E-state index < -0.39 is 0 Å². The number of hydrogen-bond donors (Lipinski definition) is 0. The van der Waals surface area contributed by atoms with Gasteiger partial charge in [-0.3, -0.25) is 4.79 Å². The van der Waals surface area contributed by atoms with Crippen molar-refractivity contribution in [2.24, 2.45) is 5.92 Å². The van der Waals surface area contributed by atoms with Crippen LogP contribution in [0.3, 0.4) is 0 Å². The molecule has 2 nitrogen and oxygen atoms in total. The molecule has 0 heterocycles. The van der Waals surface area contributed by atoms with Crippen molar-refractivity contribution >= 4 is 5.97 Å². The molecule has 2 rings (SSSR count). The van der Waals surface area contributed by atoms with Crippen molar-refractivity contribution in [1.82, 2.24) is 0 Å². The van der Waals surface area contributed by atoms with Crippen LogP contribution in [0, 0.1) is 12.8 Å². The molecule has 92 valence electrons. The van der Waals surface area contributed by atoms with E-state index in [-0.39, 0.29) is 17.5 Å². The van der Waals surface area contributed by atoms with E-state index in [1.54, 1.807) is 0 Å². The van der Waals surface area contributed by atoms with Crippen molar-refractivity contribution in [1.29, 1.82) is 0 Å². The lowest BCUT2D eigenvalue weighted by Crippen LogP contribution is -2.25. The lowest BCUT2D eigenvalue weighted by Gasteiger charge is -2.19. The van der Waals surface area contributed by atoms with Crippen molar-refractivity contribution in [3.63, 3.8) is 0 Å². The summed E-state index contributed by atoms with van der Waals surface area (Å²) >= 11 is 0. The molecular weight excluding hydrogens is 212 g/mol. The van der Waals surface area contributed by atoms with E-state index in [0.717, 1.165) is 6.42 Å². The first kappa shape index (κ1) is 12.2. The molecule has 0 saturated heterocycles. The molecule has 2 atom stereocenters. The number of benzene rings is 1. The summed E-state index contributed by atoms with van der Waals surface area (Å²) in [6, 6.07) is 8.42. The van der Waals surface area contributed by atoms with Crippen LogP contribution in [0.1, 0.15) is 44.2 Å². The molecule has 1 aliphatic carbocycles. The van der Waals surface area contributed by atoms with Gasteiger partial charge in [-0.05, 0) is 45.6 Å². The first-order valence-corrected chi connectivity index (χ1v) is 6.16. The minimum Gasteiger partial charge on any atom is -0.460 e. The zero-order valence-electron chi connectivity index (χ0n) is 11.0. The Balaban J connectivity index is 1.96. The van der Waals surface area contributed by atoms with Crippen LogP contribution in [-0.4, -0.2) is 11.6 Å². The van der Waals surface area contributed by atoms with Gasteiger partial charge in [-0.15, -0.1) is 0 Å². The Bertz CT molecular complexity index is 412. The summed E-state index contributed by atoms with van der Waals surface area (Å²) in [6.45, 7) is 7.80. The number of esters is 1. The highest BCUT2D eigenvalue weighted by Gasteiger charge is 2.46. The fourth-order valence-electron chi connectivity index (χ4n) is 2.02. The van der Waals surface area contributed by atoms with E-state index in [4.69, 9.17) is 4.74 Å². The molecule has 0 aromatic heterocycles. The van der Waals surface area contributed by atoms with E-state index in [1.165, 1.54) is 11.1 Å². The highest BCUT2D eigenvalue weighted by Crippen LogP contribution is 2.48. The standard InChI is InChI=1S/C15H20O2/c1-10-5-7-11(8-6-10)12-9-13(12)14(16)17-15(2,3)4/h5-8,12-13H,9H2,1-4H3. The molecule has 0 amide bonds. The van der Waals surface area contributed by atoms with E-state index >= 15 is 0 Å². The van der Waals surface area contributed by atoms with Crippen LogP contribution in [0.15, 0.2) is 24.3 Å². The van der Waals surface area contributed by atoms with E-state index in [1.807, 2.05) is 20.8 Å². The fourth-order valence-corrected chi connectivity index (χ4v) is 2.02. The summed E-state index contributed by atoms with van der Waals surface area (Å²) in [6.07, 6.45) is 0.929. The number of rotatable bonds is 2. The van der Waals surface area contributed by atoms with Crippen molar-refractivity contribution in [3.8, 4) is 0 Å². The predicted molar refractivity (Wildman–Crippen MR) is 67.9 cm³/mol. The number of hydrogen-bond acceptors (Lipinski definition) is 2. The van der Waals surface area contributed by atoms with Crippen LogP contribution in [0.25, 0.3) is 0 Å². The normalized spacial score (nSPS) is 23.3. The van der Waals surface area contributed by atoms with E-state index in [2.05, 4.69) is 31.2 Å². The van der Waals surface area contributed by atoms with Crippen LogP contribution >= 0.6 is 0 Å². The first-order valence-electron chi connectivity index (χ1n) is 6.16. The highest BCUT2D eigenvalue weighted by atomic mass is 16.6. The number of aryl methyl sites for hydroxylation is 1. The predicted octanol–water partition coefficient (Wildman–Crippen LogP) is 3.44. The van der Waals surface area contributed by atoms with Gasteiger partial charge in [-0.2, -0.15) is 0 Å². The van der Waals surface area contributed by atoms with E-state index in [0.29, 0.717) is 5.92 Å². The minimum atomic E-state index is -0.377. The summed E-state index contributed by atoms with van der Waals surface area (Å²) in [5.74, 6) is 0.380. The monoisotopic (exact) mass is 232 g/mol. The third kappa shape index (κ3) is 3.09. The second kappa shape index (κ2) is 4.17. The second-order valence-electron chi connectivity index (χ2n) is 5.89. The molecule has 2 heteroatoms. The van der Waals surface area contributed by atoms with Crippen LogP contribution in [-0.2, 0) is 9.53 Å². The molecule has 1 aromatic rings. The molecule has 1 fully saturated rings. The zero-order chi connectivity index (χ0) is 12.6. The number of ether oxygens (including phenoxy) is 1. The van der Waals surface area contributed by atoms with Gasteiger partial charge in [-0.1, -0.05) is 29.8 Å². The van der Waals surface area contributed by atoms with Gasteiger partial charge in [-0.25, -0.2) is 0 Å². The Morgan fingerprint density at radius 1 is 1.24 bits per heavy atom. The van der Waals surface area contributed by atoms with Gasteiger partial charge in [0.05, 0.1) is 5.92 Å². The van der Waals surface area contributed by atoms with Gasteiger partial charge < -0.3 is 4.74 Å². The van der Waals surface area contributed by atoms with E-state index in [9.17, 15) is 4.79 Å². The molecule has 1 aliphatic rings. The van der Waals surface area contributed by atoms with Crippen molar-refractivity contribution in [3.05, 3.63) is 35.4 Å². The summed E-state index contributed by atoms with van der Waals surface area (Å²) in [5, 5.41) is 0. The Morgan fingerprint density at radius 2 is 1.82 bits per heavy atom. The topological polar surface area (TPSA) is 26.3 Å². The molecule has 0 radical (unpaired) electrons. The third-order valence-electron chi connectivity index (χ3n) is 3.01. The maximum Gasteiger partial charge on any atom is 0.310 e. The lowest BCUT2D eigenvalue weighted by molar-refractivity contribution is -0.156. The second-order valence-corrected chi connectivity index (χ2v) is 5.89. The smallest absolute Gasteiger partial charge is 0.310 e. The molecule has 0 bridgehead atoms. The van der Waals surface area contributed by atoms with Gasteiger partial charge in [0.15, 0.2) is 0 Å². The minimum absolute atomic E-state index is 0.0527. The molecule has 0 N–H and O–H groups in total. The summed E-state index contributed by atoms with van der Waals surface area (Å²) in [7, 11) is 0. The Labute approximate surface area is 103 Å². The maximum absolute atomic E-state index is 11.8. The summed E-state index contributed by atoms with van der Waals surface area (Å²) < 4.78 is 5.40. The average Bonchev–Trinajstić information content (AvgIpc) is 2.96. The molecule has 0 aliphatic heterocycles. The SMILES string of the molecule is Cc1ccc(C2CC2C(=O)OC(C)(C)C)cc1. The Hall–Kier alpha value is -1.31. The highest BCUT2D eigenvalue weighted by molar-refractivity contribution is 5.77. The van der Waals surface area contributed by atoms with Crippen LogP contribution in [0.5, 0.6) is 0 Å². The Morgan fingerprint density at radius 3 is 2.35 bits per heavy atom. The van der Waals surface area contributed by atoms with Gasteiger partial charge in [0.25, 0.3) is 0 Å².